The molecule has 0 aliphatic carbocycles. The van der Waals surface area contributed by atoms with E-state index in [4.69, 9.17) is 5.11 Å². The van der Waals surface area contributed by atoms with Crippen LogP contribution < -0.4 is 0 Å². The maximum Gasteiger partial charge on any atom is 0.0746 e. The van der Waals surface area contributed by atoms with Gasteiger partial charge in [0.25, 0.3) is 0 Å². The minimum Gasteiger partial charge on any atom is -0.395 e. The highest BCUT2D eigenvalue weighted by atomic mass is 16.3. The molecule has 0 radical (unpaired) electrons. The van der Waals surface area contributed by atoms with Crippen molar-refractivity contribution in [3.8, 4) is 0 Å². The van der Waals surface area contributed by atoms with Crippen LogP contribution in [0.1, 0.15) is 12.5 Å². The average Bonchev–Trinajstić information content (AvgIpc) is 2.38. The zero-order chi connectivity index (χ0) is 12.1. The molecule has 0 atom stereocenters. The van der Waals surface area contributed by atoms with Gasteiger partial charge in [-0.05, 0) is 18.2 Å². The summed E-state index contributed by atoms with van der Waals surface area (Å²) in [5.74, 6) is 0. The Labute approximate surface area is 102 Å². The van der Waals surface area contributed by atoms with Crippen LogP contribution in [0.5, 0.6) is 0 Å². The number of aliphatic hydroxyl groups is 1. The summed E-state index contributed by atoms with van der Waals surface area (Å²) in [6.07, 6.45) is 1.83. The van der Waals surface area contributed by atoms with E-state index in [-0.39, 0.29) is 6.61 Å². The van der Waals surface area contributed by atoms with Crippen molar-refractivity contribution in [1.29, 1.82) is 0 Å². The van der Waals surface area contributed by atoms with Gasteiger partial charge in [-0.2, -0.15) is 0 Å². The summed E-state index contributed by atoms with van der Waals surface area (Å²) in [6, 6.07) is 10.3. The molecule has 1 N–H and O–H groups in total. The predicted octanol–water partition coefficient (Wildman–Crippen LogP) is 2.05. The third-order valence-electron chi connectivity index (χ3n) is 2.97. The summed E-state index contributed by atoms with van der Waals surface area (Å²) in [5, 5.41) is 10.2. The van der Waals surface area contributed by atoms with Gasteiger partial charge in [-0.1, -0.05) is 31.2 Å². The Kier molecular flexibility index (Phi) is 4.07. The van der Waals surface area contributed by atoms with Crippen LogP contribution in [0.25, 0.3) is 10.9 Å². The molecule has 1 aromatic heterocycles. The smallest absolute Gasteiger partial charge is 0.0746 e. The zero-order valence-corrected chi connectivity index (χ0v) is 10.1. The van der Waals surface area contributed by atoms with Crippen LogP contribution in [0, 0.1) is 0 Å². The van der Waals surface area contributed by atoms with Gasteiger partial charge in [0.15, 0.2) is 0 Å². The number of hydrogen-bond donors (Lipinski definition) is 1. The highest BCUT2D eigenvalue weighted by molar-refractivity contribution is 5.81. The van der Waals surface area contributed by atoms with E-state index in [9.17, 15) is 0 Å². The Morgan fingerprint density at radius 2 is 2.06 bits per heavy atom. The van der Waals surface area contributed by atoms with Crippen LogP contribution in [0.3, 0.4) is 0 Å². The number of likely N-dealkylation sites (N-methyl/N-ethyl adjacent to an activating group) is 1. The van der Waals surface area contributed by atoms with Gasteiger partial charge in [0, 0.05) is 24.7 Å². The molecule has 1 aromatic carbocycles. The van der Waals surface area contributed by atoms with E-state index in [2.05, 4.69) is 41.1 Å². The molecule has 1 heterocycles. The van der Waals surface area contributed by atoms with E-state index in [1.807, 2.05) is 12.3 Å². The molecule has 3 heteroatoms. The lowest BCUT2D eigenvalue weighted by atomic mass is 10.1. The number of pyridine rings is 1. The van der Waals surface area contributed by atoms with Gasteiger partial charge < -0.3 is 5.11 Å². The maximum atomic E-state index is 9.00. The largest absolute Gasteiger partial charge is 0.395 e. The van der Waals surface area contributed by atoms with E-state index in [0.717, 1.165) is 18.6 Å². The average molecular weight is 230 g/mol. The lowest BCUT2D eigenvalue weighted by Gasteiger charge is -2.19. The Balaban J connectivity index is 2.28. The quantitative estimate of drug-likeness (QED) is 0.854. The first kappa shape index (κ1) is 12.0. The second-order valence-corrected chi connectivity index (χ2v) is 4.08. The van der Waals surface area contributed by atoms with Crippen LogP contribution in [-0.4, -0.2) is 34.7 Å². The van der Waals surface area contributed by atoms with E-state index in [0.29, 0.717) is 6.54 Å². The van der Waals surface area contributed by atoms with Crippen LogP contribution in [0.4, 0.5) is 0 Å². The first-order chi connectivity index (χ1) is 8.35. The van der Waals surface area contributed by atoms with Gasteiger partial charge in [0.1, 0.15) is 0 Å². The number of nitrogens with zero attached hydrogens (tertiary/aromatic N) is 2. The van der Waals surface area contributed by atoms with Gasteiger partial charge in [0.05, 0.1) is 12.1 Å². The summed E-state index contributed by atoms with van der Waals surface area (Å²) in [6.45, 7) is 4.79. The molecule has 0 aliphatic rings. The van der Waals surface area contributed by atoms with Crippen molar-refractivity contribution in [2.24, 2.45) is 0 Å². The van der Waals surface area contributed by atoms with E-state index < -0.39 is 0 Å². The van der Waals surface area contributed by atoms with E-state index in [1.165, 1.54) is 10.9 Å². The van der Waals surface area contributed by atoms with Crippen molar-refractivity contribution in [3.63, 3.8) is 0 Å². The number of hydrogen-bond acceptors (Lipinski definition) is 3. The van der Waals surface area contributed by atoms with Crippen molar-refractivity contribution in [3.05, 3.63) is 42.1 Å². The van der Waals surface area contributed by atoms with Crippen LogP contribution >= 0.6 is 0 Å². The zero-order valence-electron chi connectivity index (χ0n) is 10.1. The van der Waals surface area contributed by atoms with Gasteiger partial charge in [-0.3, -0.25) is 9.88 Å². The minimum atomic E-state index is 0.200. The fourth-order valence-corrected chi connectivity index (χ4v) is 2.03. The Morgan fingerprint density at radius 3 is 2.82 bits per heavy atom. The van der Waals surface area contributed by atoms with E-state index in [1.54, 1.807) is 0 Å². The van der Waals surface area contributed by atoms with Crippen molar-refractivity contribution < 1.29 is 5.11 Å². The first-order valence-corrected chi connectivity index (χ1v) is 6.01. The van der Waals surface area contributed by atoms with Gasteiger partial charge in [-0.15, -0.1) is 0 Å². The molecule has 0 amide bonds. The van der Waals surface area contributed by atoms with Crippen molar-refractivity contribution in [2.75, 3.05) is 19.7 Å². The lowest BCUT2D eigenvalue weighted by molar-refractivity contribution is 0.197. The van der Waals surface area contributed by atoms with Gasteiger partial charge in [-0.25, -0.2) is 0 Å². The maximum absolute atomic E-state index is 9.00. The SMILES string of the molecule is CCN(CCO)Cc1cccc2cccnc12. The number of benzene rings is 1. The monoisotopic (exact) mass is 230 g/mol. The Bertz CT molecular complexity index is 479. The minimum absolute atomic E-state index is 0.200. The molecule has 0 unspecified atom stereocenters. The molecule has 0 fully saturated rings. The molecule has 0 spiro atoms. The number of aliphatic hydroxyl groups excluding tert-OH is 1. The second kappa shape index (κ2) is 5.75. The molecule has 17 heavy (non-hydrogen) atoms. The fraction of sp³-hybridized carbons (Fsp3) is 0.357. The van der Waals surface area contributed by atoms with E-state index >= 15 is 0 Å². The van der Waals surface area contributed by atoms with Crippen LogP contribution in [0.15, 0.2) is 36.5 Å². The molecule has 3 nitrogen and oxygen atoms in total. The molecule has 2 aromatic rings. The molecular weight excluding hydrogens is 212 g/mol. The number of rotatable bonds is 5. The standard InChI is InChI=1S/C14H18N2O/c1-2-16(9-10-17)11-13-6-3-5-12-7-4-8-15-14(12)13/h3-8,17H,2,9-11H2,1H3. The third kappa shape index (κ3) is 2.81. The summed E-state index contributed by atoms with van der Waals surface area (Å²) in [7, 11) is 0. The predicted molar refractivity (Wildman–Crippen MR) is 69.8 cm³/mol. The molecule has 0 bridgehead atoms. The van der Waals surface area contributed by atoms with Crippen molar-refractivity contribution in [2.45, 2.75) is 13.5 Å². The first-order valence-electron chi connectivity index (χ1n) is 6.01. The van der Waals surface area contributed by atoms with Crippen LogP contribution in [0.2, 0.25) is 0 Å². The molecule has 0 saturated heterocycles. The third-order valence-corrected chi connectivity index (χ3v) is 2.97. The van der Waals surface area contributed by atoms with Gasteiger partial charge in [0.2, 0.25) is 0 Å². The van der Waals surface area contributed by atoms with Crippen molar-refractivity contribution >= 4 is 10.9 Å². The van der Waals surface area contributed by atoms with Crippen molar-refractivity contribution in [1.82, 2.24) is 9.88 Å². The molecule has 2 rings (SSSR count). The lowest BCUT2D eigenvalue weighted by Crippen LogP contribution is -2.26. The summed E-state index contributed by atoms with van der Waals surface area (Å²) >= 11 is 0. The Morgan fingerprint density at radius 1 is 1.24 bits per heavy atom. The summed E-state index contributed by atoms with van der Waals surface area (Å²) in [4.78, 5) is 6.65. The molecular formula is C14H18N2O. The van der Waals surface area contributed by atoms with Crippen LogP contribution in [-0.2, 0) is 6.54 Å². The highest BCUT2D eigenvalue weighted by Gasteiger charge is 2.06. The number of fused-ring (bicyclic) bond motifs is 1. The Hall–Kier alpha value is -1.45. The highest BCUT2D eigenvalue weighted by Crippen LogP contribution is 2.17. The topological polar surface area (TPSA) is 36.4 Å². The molecule has 90 valence electrons. The van der Waals surface area contributed by atoms with Gasteiger partial charge >= 0.3 is 0 Å². The number of aromatic nitrogens is 1. The summed E-state index contributed by atoms with van der Waals surface area (Å²) < 4.78 is 0. The normalized spacial score (nSPS) is 11.2. The number of para-hydroxylation sites is 1. The molecule has 0 saturated carbocycles. The second-order valence-electron chi connectivity index (χ2n) is 4.08. The fourth-order valence-electron chi connectivity index (χ4n) is 2.03. The summed E-state index contributed by atoms with van der Waals surface area (Å²) in [5.41, 5.74) is 2.28. The molecule has 0 aliphatic heterocycles.